The first kappa shape index (κ1) is 17.7. The van der Waals surface area contributed by atoms with E-state index in [1.54, 1.807) is 24.3 Å². The van der Waals surface area contributed by atoms with Crippen molar-refractivity contribution in [3.05, 3.63) is 35.4 Å². The van der Waals surface area contributed by atoms with Crippen LogP contribution in [0.5, 0.6) is 5.75 Å². The Balaban J connectivity index is 2.20. The molecule has 0 spiro atoms. The molecular formula is C17H23NO4S. The molecule has 2 N–H and O–H groups in total. The van der Waals surface area contributed by atoms with Crippen LogP contribution in [-0.2, 0) is 21.5 Å². The number of hydrogen-bond donors (Lipinski definition) is 1. The van der Waals surface area contributed by atoms with Crippen LogP contribution >= 0.6 is 0 Å². The molecule has 0 fully saturated rings. The first-order valence-electron chi connectivity index (χ1n) is 7.87. The third kappa shape index (κ3) is 5.18. The summed E-state index contributed by atoms with van der Waals surface area (Å²) in [5.41, 5.74) is 2.80. The molecular weight excluding hydrogens is 314 g/mol. The number of ketones is 1. The van der Waals surface area contributed by atoms with Crippen molar-refractivity contribution >= 4 is 21.7 Å². The molecule has 1 unspecified atom stereocenters. The number of hydrogen-bond acceptors (Lipinski definition) is 4. The monoisotopic (exact) mass is 337 g/mol. The molecule has 5 nitrogen and oxygen atoms in total. The lowest BCUT2D eigenvalue weighted by molar-refractivity contribution is -0.114. The zero-order valence-electron chi connectivity index (χ0n) is 13.5. The number of fused-ring (bicyclic) bond motifs is 1. The molecule has 1 atom stereocenters. The van der Waals surface area contributed by atoms with Crippen molar-refractivity contribution in [3.63, 3.8) is 0 Å². The second-order valence-corrected chi connectivity index (χ2v) is 7.29. The van der Waals surface area contributed by atoms with Crippen LogP contribution in [0.3, 0.4) is 0 Å². The predicted molar refractivity (Wildman–Crippen MR) is 90.2 cm³/mol. The number of carbonyl (C=O) groups excluding carboxylic acids is 1. The maximum atomic E-state index is 11.9. The van der Waals surface area contributed by atoms with Gasteiger partial charge in [0.1, 0.15) is 5.75 Å². The van der Waals surface area contributed by atoms with E-state index in [9.17, 15) is 13.2 Å². The Hall–Kier alpha value is -1.66. The van der Waals surface area contributed by atoms with E-state index in [1.807, 2.05) is 0 Å². The van der Waals surface area contributed by atoms with Crippen molar-refractivity contribution in [2.45, 2.75) is 46.0 Å². The lowest BCUT2D eigenvalue weighted by Gasteiger charge is -2.19. The summed E-state index contributed by atoms with van der Waals surface area (Å²) in [7, 11) is -4.06. The third-order valence-corrected chi connectivity index (χ3v) is 4.45. The van der Waals surface area contributed by atoms with Crippen LogP contribution < -0.4 is 9.32 Å². The zero-order chi connectivity index (χ0) is 17.0. The van der Waals surface area contributed by atoms with Gasteiger partial charge in [-0.15, -0.1) is 0 Å². The van der Waals surface area contributed by atoms with Crippen molar-refractivity contribution in [1.29, 1.82) is 0 Å². The second-order valence-electron chi connectivity index (χ2n) is 6.14. The van der Waals surface area contributed by atoms with E-state index in [2.05, 4.69) is 18.0 Å². The smallest absolute Gasteiger partial charge is 0.371 e. The molecule has 0 saturated carbocycles. The lowest BCUT2D eigenvalue weighted by Crippen LogP contribution is -2.19. The molecule has 23 heavy (non-hydrogen) atoms. The van der Waals surface area contributed by atoms with Gasteiger partial charge in [0.05, 0.1) is 0 Å². The van der Waals surface area contributed by atoms with Crippen molar-refractivity contribution in [3.8, 4) is 5.75 Å². The zero-order valence-corrected chi connectivity index (χ0v) is 14.4. The van der Waals surface area contributed by atoms with E-state index in [0.29, 0.717) is 5.92 Å². The van der Waals surface area contributed by atoms with Crippen LogP contribution in [0, 0.1) is 5.92 Å². The topological polar surface area (TPSA) is 86.5 Å². The Morgan fingerprint density at radius 2 is 2.04 bits per heavy atom. The van der Waals surface area contributed by atoms with Gasteiger partial charge < -0.3 is 4.18 Å². The van der Waals surface area contributed by atoms with Crippen molar-refractivity contribution in [2.75, 3.05) is 0 Å². The van der Waals surface area contributed by atoms with E-state index >= 15 is 0 Å². The summed E-state index contributed by atoms with van der Waals surface area (Å²) in [6, 6.07) is 4.96. The number of nitrogens with two attached hydrogens (primary N) is 1. The Morgan fingerprint density at radius 1 is 1.30 bits per heavy atom. The largest absolute Gasteiger partial charge is 0.380 e. The molecule has 0 amide bonds. The molecule has 0 aromatic heterocycles. The summed E-state index contributed by atoms with van der Waals surface area (Å²) in [6.45, 7) is 4.39. The summed E-state index contributed by atoms with van der Waals surface area (Å²) < 4.78 is 26.7. The second kappa shape index (κ2) is 7.27. The fraction of sp³-hybridized carbons (Fsp3) is 0.471. The van der Waals surface area contributed by atoms with Gasteiger partial charge in [0.15, 0.2) is 5.78 Å². The molecule has 1 aromatic rings. The molecule has 0 saturated heterocycles. The molecule has 2 rings (SSSR count). The number of benzene rings is 1. The third-order valence-electron chi connectivity index (χ3n) is 4.02. The highest BCUT2D eigenvalue weighted by Gasteiger charge is 2.19. The number of carbonyl (C=O) groups is 1. The summed E-state index contributed by atoms with van der Waals surface area (Å²) in [5.74, 6) is 0.786. The van der Waals surface area contributed by atoms with Gasteiger partial charge in [-0.3, -0.25) is 4.79 Å². The molecule has 1 aliphatic carbocycles. The molecule has 0 aliphatic heterocycles. The van der Waals surface area contributed by atoms with Gasteiger partial charge in [0, 0.05) is 6.42 Å². The molecule has 6 heteroatoms. The summed E-state index contributed by atoms with van der Waals surface area (Å²) in [6.07, 6.45) is 6.17. The first-order valence-corrected chi connectivity index (χ1v) is 9.34. The highest BCUT2D eigenvalue weighted by atomic mass is 32.2. The minimum Gasteiger partial charge on any atom is -0.371 e. The molecule has 1 aromatic carbocycles. The minimum atomic E-state index is -4.06. The van der Waals surface area contributed by atoms with Crippen molar-refractivity contribution in [2.24, 2.45) is 11.1 Å². The fourth-order valence-corrected chi connectivity index (χ4v) is 3.34. The molecule has 0 bridgehead atoms. The SMILES string of the molecule is CCCC(C)CCC1=CC(=O)Cc2cc(OS(N)(=O)=O)ccc21. The van der Waals surface area contributed by atoms with E-state index < -0.39 is 10.3 Å². The quantitative estimate of drug-likeness (QED) is 0.828. The van der Waals surface area contributed by atoms with Gasteiger partial charge in [-0.2, -0.15) is 13.6 Å². The maximum Gasteiger partial charge on any atom is 0.380 e. The maximum absolute atomic E-state index is 11.9. The minimum absolute atomic E-state index is 0.0309. The van der Waals surface area contributed by atoms with Crippen LogP contribution in [-0.4, -0.2) is 14.2 Å². The van der Waals surface area contributed by atoms with Crippen LogP contribution in [0.25, 0.3) is 5.57 Å². The highest BCUT2D eigenvalue weighted by molar-refractivity contribution is 7.84. The van der Waals surface area contributed by atoms with Crippen LogP contribution in [0.1, 0.15) is 50.7 Å². The predicted octanol–water partition coefficient (Wildman–Crippen LogP) is 2.99. The van der Waals surface area contributed by atoms with E-state index in [0.717, 1.165) is 36.0 Å². The number of rotatable bonds is 7. The molecule has 126 valence electrons. The number of allylic oxidation sites excluding steroid dienone is 2. The standard InChI is InChI=1S/C17H23NO4S/c1-3-4-12(2)5-6-13-9-15(19)10-14-11-16(7-8-17(13)14)22-23(18,20)21/h7-9,11-12H,3-6,10H2,1-2H3,(H2,18,20,21). The van der Waals surface area contributed by atoms with E-state index in [-0.39, 0.29) is 18.0 Å². The van der Waals surface area contributed by atoms with Crippen LogP contribution in [0.2, 0.25) is 0 Å². The summed E-state index contributed by atoms with van der Waals surface area (Å²) >= 11 is 0. The van der Waals surface area contributed by atoms with Gasteiger partial charge >= 0.3 is 10.3 Å². The summed E-state index contributed by atoms with van der Waals surface area (Å²) in [5, 5.41) is 4.88. The Bertz CT molecular complexity index is 722. The molecule has 0 heterocycles. The van der Waals surface area contributed by atoms with Gasteiger partial charge in [0.2, 0.25) is 0 Å². The average Bonchev–Trinajstić information content (AvgIpc) is 2.42. The van der Waals surface area contributed by atoms with Crippen LogP contribution in [0.4, 0.5) is 0 Å². The van der Waals surface area contributed by atoms with Gasteiger partial charge in [-0.1, -0.05) is 32.8 Å². The summed E-state index contributed by atoms with van der Waals surface area (Å²) in [4.78, 5) is 11.9. The Kier molecular flexibility index (Phi) is 5.59. The van der Waals surface area contributed by atoms with Gasteiger partial charge in [0.25, 0.3) is 0 Å². The Labute approximate surface area is 137 Å². The highest BCUT2D eigenvalue weighted by Crippen LogP contribution is 2.32. The Morgan fingerprint density at radius 3 is 2.70 bits per heavy atom. The van der Waals surface area contributed by atoms with Crippen molar-refractivity contribution < 1.29 is 17.4 Å². The van der Waals surface area contributed by atoms with Crippen molar-refractivity contribution in [1.82, 2.24) is 0 Å². The first-order chi connectivity index (χ1) is 10.8. The van der Waals surface area contributed by atoms with E-state index in [1.165, 1.54) is 6.42 Å². The van der Waals surface area contributed by atoms with Gasteiger partial charge in [-0.25, -0.2) is 0 Å². The van der Waals surface area contributed by atoms with Crippen LogP contribution in [0.15, 0.2) is 24.3 Å². The normalized spacial score (nSPS) is 15.8. The fourth-order valence-electron chi connectivity index (χ4n) is 2.97. The molecule has 0 radical (unpaired) electrons. The lowest BCUT2D eigenvalue weighted by atomic mass is 9.86. The molecule has 1 aliphatic rings. The average molecular weight is 337 g/mol. The van der Waals surface area contributed by atoms with E-state index in [4.69, 9.17) is 5.14 Å². The van der Waals surface area contributed by atoms with Gasteiger partial charge in [-0.05, 0) is 53.7 Å².